The van der Waals surface area contributed by atoms with Crippen molar-refractivity contribution < 1.29 is 28.5 Å². The van der Waals surface area contributed by atoms with Gasteiger partial charge < -0.3 is 20.3 Å². The summed E-state index contributed by atoms with van der Waals surface area (Å²) in [5, 5.41) is 21.8. The first-order valence-electron chi connectivity index (χ1n) is 9.13. The molecule has 0 saturated carbocycles. The number of rotatable bonds is 7. The van der Waals surface area contributed by atoms with Crippen LogP contribution < -0.4 is 20.9 Å². The number of aliphatic hydroxyl groups is 2. The van der Waals surface area contributed by atoms with Gasteiger partial charge in [-0.3, -0.25) is 15.6 Å². The standard InChI is InChI=1S/C20H23F2N3O4/c1-29-17-7-11(5-6-13(17)12-8-23-24-9-12)20(28)25-19(16(27)10-26)18-14(21)3-2-4-15(18)22/h2-7,12,16,19,23-24,26-27H,8-10H2,1H3,(H,25,28)/t16?,19-/m1/s1. The Kier molecular flexibility index (Phi) is 6.75. The second-order valence-electron chi connectivity index (χ2n) is 6.75. The van der Waals surface area contributed by atoms with Crippen LogP contribution in [0.15, 0.2) is 36.4 Å². The summed E-state index contributed by atoms with van der Waals surface area (Å²) in [5.74, 6) is -1.87. The van der Waals surface area contributed by atoms with Crippen LogP contribution in [-0.4, -0.2) is 49.0 Å². The Labute approximate surface area is 166 Å². The van der Waals surface area contributed by atoms with E-state index in [1.807, 2.05) is 0 Å². The predicted octanol–water partition coefficient (Wildman–Crippen LogP) is 0.989. The summed E-state index contributed by atoms with van der Waals surface area (Å²) >= 11 is 0. The van der Waals surface area contributed by atoms with Crippen LogP contribution in [0.1, 0.15) is 33.4 Å². The summed E-state index contributed by atoms with van der Waals surface area (Å²) in [7, 11) is 1.49. The molecule has 3 rings (SSSR count). The molecule has 0 aromatic heterocycles. The van der Waals surface area contributed by atoms with Gasteiger partial charge in [0.25, 0.3) is 5.91 Å². The fraction of sp³-hybridized carbons (Fsp3) is 0.350. The average Bonchev–Trinajstić information content (AvgIpc) is 3.26. The summed E-state index contributed by atoms with van der Waals surface area (Å²) in [6.45, 7) is 0.626. The number of hydrazine groups is 1. The first-order chi connectivity index (χ1) is 14.0. The predicted molar refractivity (Wildman–Crippen MR) is 101 cm³/mol. The van der Waals surface area contributed by atoms with Crippen LogP contribution in [-0.2, 0) is 0 Å². The zero-order chi connectivity index (χ0) is 21.0. The molecule has 2 aromatic carbocycles. The maximum Gasteiger partial charge on any atom is 0.251 e. The van der Waals surface area contributed by atoms with Gasteiger partial charge in [-0.05, 0) is 29.8 Å². The van der Waals surface area contributed by atoms with Crippen molar-refractivity contribution in [1.29, 1.82) is 0 Å². The molecule has 156 valence electrons. The normalized spacial score (nSPS) is 16.4. The molecule has 1 saturated heterocycles. The van der Waals surface area contributed by atoms with E-state index in [1.54, 1.807) is 12.1 Å². The van der Waals surface area contributed by atoms with Gasteiger partial charge >= 0.3 is 0 Å². The summed E-state index contributed by atoms with van der Waals surface area (Å²) in [6, 6.07) is 6.60. The van der Waals surface area contributed by atoms with E-state index in [2.05, 4.69) is 16.2 Å². The monoisotopic (exact) mass is 407 g/mol. The largest absolute Gasteiger partial charge is 0.496 e. The molecule has 1 amide bonds. The molecule has 5 N–H and O–H groups in total. The number of halogens is 2. The van der Waals surface area contributed by atoms with Crippen molar-refractivity contribution in [2.45, 2.75) is 18.1 Å². The molecular formula is C20H23F2N3O4. The highest BCUT2D eigenvalue weighted by Gasteiger charge is 2.29. The van der Waals surface area contributed by atoms with Gasteiger partial charge in [0.1, 0.15) is 23.5 Å². The smallest absolute Gasteiger partial charge is 0.251 e. The lowest BCUT2D eigenvalue weighted by molar-refractivity contribution is 0.0545. The van der Waals surface area contributed by atoms with E-state index in [0.29, 0.717) is 18.8 Å². The highest BCUT2D eigenvalue weighted by Crippen LogP contribution is 2.29. The van der Waals surface area contributed by atoms with Crippen LogP contribution in [0, 0.1) is 11.6 Å². The fourth-order valence-corrected chi connectivity index (χ4v) is 3.37. The number of carbonyl (C=O) groups is 1. The molecule has 2 aromatic rings. The highest BCUT2D eigenvalue weighted by atomic mass is 19.1. The molecule has 1 unspecified atom stereocenters. The van der Waals surface area contributed by atoms with Gasteiger partial charge in [0, 0.05) is 30.1 Å². The van der Waals surface area contributed by atoms with Crippen molar-refractivity contribution in [3.8, 4) is 5.75 Å². The van der Waals surface area contributed by atoms with Crippen molar-refractivity contribution in [3.63, 3.8) is 0 Å². The van der Waals surface area contributed by atoms with Gasteiger partial charge in [0.2, 0.25) is 0 Å². The van der Waals surface area contributed by atoms with Gasteiger partial charge in [-0.2, -0.15) is 0 Å². The number of benzene rings is 2. The maximum absolute atomic E-state index is 14.2. The molecule has 0 spiro atoms. The molecule has 9 heteroatoms. The van der Waals surface area contributed by atoms with Crippen molar-refractivity contribution in [1.82, 2.24) is 16.2 Å². The number of amides is 1. The molecule has 2 atom stereocenters. The van der Waals surface area contributed by atoms with Crippen LogP contribution in [0.5, 0.6) is 5.75 Å². The Bertz CT molecular complexity index is 855. The van der Waals surface area contributed by atoms with Gasteiger partial charge in [-0.1, -0.05) is 12.1 Å². The Morgan fingerprint density at radius 1 is 1.24 bits per heavy atom. The molecule has 1 fully saturated rings. The highest BCUT2D eigenvalue weighted by molar-refractivity contribution is 5.95. The zero-order valence-corrected chi connectivity index (χ0v) is 15.8. The quantitative estimate of drug-likeness (QED) is 0.469. The zero-order valence-electron chi connectivity index (χ0n) is 15.8. The summed E-state index contributed by atoms with van der Waals surface area (Å²) in [6.07, 6.45) is -1.60. The van der Waals surface area contributed by atoms with Crippen LogP contribution in [0.3, 0.4) is 0 Å². The molecular weight excluding hydrogens is 384 g/mol. The fourth-order valence-electron chi connectivity index (χ4n) is 3.37. The minimum atomic E-state index is -1.60. The van der Waals surface area contributed by atoms with Crippen molar-refractivity contribution in [2.75, 3.05) is 26.8 Å². The lowest BCUT2D eigenvalue weighted by Crippen LogP contribution is -2.39. The number of aliphatic hydroxyl groups excluding tert-OH is 2. The molecule has 7 nitrogen and oxygen atoms in total. The Balaban J connectivity index is 1.88. The van der Waals surface area contributed by atoms with Crippen LogP contribution in [0.25, 0.3) is 0 Å². The van der Waals surface area contributed by atoms with E-state index < -0.39 is 41.9 Å². The lowest BCUT2D eigenvalue weighted by Gasteiger charge is -2.24. The van der Waals surface area contributed by atoms with Crippen molar-refractivity contribution >= 4 is 5.91 Å². The van der Waals surface area contributed by atoms with Gasteiger partial charge in [0.05, 0.1) is 19.8 Å². The van der Waals surface area contributed by atoms with E-state index in [1.165, 1.54) is 19.2 Å². The summed E-state index contributed by atoms with van der Waals surface area (Å²) in [4.78, 5) is 12.7. The number of hydrogen-bond donors (Lipinski definition) is 5. The molecule has 1 aliphatic heterocycles. The molecule has 0 radical (unpaired) electrons. The minimum Gasteiger partial charge on any atom is -0.496 e. The van der Waals surface area contributed by atoms with E-state index in [-0.39, 0.29) is 11.5 Å². The lowest BCUT2D eigenvalue weighted by atomic mass is 9.96. The number of hydrogen-bond acceptors (Lipinski definition) is 6. The molecule has 1 aliphatic rings. The van der Waals surface area contributed by atoms with Crippen LogP contribution >= 0.6 is 0 Å². The maximum atomic E-state index is 14.2. The molecule has 29 heavy (non-hydrogen) atoms. The van der Waals surface area contributed by atoms with Gasteiger partial charge in [0.15, 0.2) is 0 Å². The first kappa shape index (κ1) is 21.1. The Morgan fingerprint density at radius 2 is 1.90 bits per heavy atom. The molecule has 0 aliphatic carbocycles. The second-order valence-corrected chi connectivity index (χ2v) is 6.75. The third kappa shape index (κ3) is 4.54. The third-order valence-corrected chi connectivity index (χ3v) is 4.93. The number of carbonyl (C=O) groups excluding carboxylic acids is 1. The Hall–Kier alpha value is -2.59. The van der Waals surface area contributed by atoms with Crippen molar-refractivity contribution in [3.05, 3.63) is 64.7 Å². The number of nitrogens with one attached hydrogen (secondary N) is 3. The Morgan fingerprint density at radius 3 is 2.48 bits per heavy atom. The van der Waals surface area contributed by atoms with E-state index in [4.69, 9.17) is 4.74 Å². The average molecular weight is 407 g/mol. The molecule has 0 bridgehead atoms. The van der Waals surface area contributed by atoms with Gasteiger partial charge in [-0.25, -0.2) is 8.78 Å². The van der Waals surface area contributed by atoms with Gasteiger partial charge in [-0.15, -0.1) is 0 Å². The number of ether oxygens (including phenoxy) is 1. The minimum absolute atomic E-state index is 0.165. The second kappa shape index (κ2) is 9.27. The number of methoxy groups -OCH3 is 1. The molecule has 1 heterocycles. The van der Waals surface area contributed by atoms with E-state index in [0.717, 1.165) is 17.7 Å². The van der Waals surface area contributed by atoms with Crippen LogP contribution in [0.4, 0.5) is 8.78 Å². The summed E-state index contributed by atoms with van der Waals surface area (Å²) in [5.41, 5.74) is 6.63. The third-order valence-electron chi connectivity index (χ3n) is 4.93. The SMILES string of the molecule is COc1cc(C(=O)N[C@@H](c2c(F)cccc2F)C(O)CO)ccc1C1CNNC1. The van der Waals surface area contributed by atoms with Crippen molar-refractivity contribution in [2.24, 2.45) is 0 Å². The van der Waals surface area contributed by atoms with E-state index in [9.17, 15) is 23.8 Å². The summed E-state index contributed by atoms with van der Waals surface area (Å²) < 4.78 is 33.8. The first-order valence-corrected chi connectivity index (χ1v) is 9.13. The van der Waals surface area contributed by atoms with E-state index >= 15 is 0 Å². The van der Waals surface area contributed by atoms with Crippen LogP contribution in [0.2, 0.25) is 0 Å². The topological polar surface area (TPSA) is 103 Å².